The van der Waals surface area contributed by atoms with E-state index in [4.69, 9.17) is 9.84 Å². The van der Waals surface area contributed by atoms with Crippen molar-refractivity contribution in [2.75, 3.05) is 19.8 Å². The quantitative estimate of drug-likeness (QED) is 0.492. The Balaban J connectivity index is 1.67. The molecule has 0 radical (unpaired) electrons. The van der Waals surface area contributed by atoms with E-state index in [0.717, 1.165) is 11.3 Å². The summed E-state index contributed by atoms with van der Waals surface area (Å²) in [5.74, 6) is -3.82. The second kappa shape index (κ2) is 9.04. The summed E-state index contributed by atoms with van der Waals surface area (Å²) in [6.07, 6.45) is 2.21. The number of hydrogen-bond acceptors (Lipinski definition) is 6. The highest BCUT2D eigenvalue weighted by Gasteiger charge is 2.44. The van der Waals surface area contributed by atoms with Crippen molar-refractivity contribution in [1.82, 2.24) is 10.2 Å². The van der Waals surface area contributed by atoms with Crippen LogP contribution in [0.3, 0.4) is 0 Å². The first kappa shape index (κ1) is 20.8. The molecule has 1 aliphatic carbocycles. The highest BCUT2D eigenvalue weighted by Crippen LogP contribution is 2.30. The topological polar surface area (TPSA) is 133 Å². The lowest BCUT2D eigenvalue weighted by molar-refractivity contribution is -0.156. The molecule has 156 valence electrons. The average molecular weight is 404 g/mol. The number of carbonyl (C=O) groups excluding carboxylic acids is 3. The molecular formula is C20H24N2O7. The predicted molar refractivity (Wildman–Crippen MR) is 99.8 cm³/mol. The monoisotopic (exact) mass is 404 g/mol. The number of aliphatic hydroxyl groups is 1. The molecule has 2 atom stereocenters. The van der Waals surface area contributed by atoms with Gasteiger partial charge in [-0.15, -0.1) is 0 Å². The van der Waals surface area contributed by atoms with E-state index >= 15 is 0 Å². The molecule has 2 fully saturated rings. The number of amides is 2. The van der Waals surface area contributed by atoms with Gasteiger partial charge in [0, 0.05) is 13.0 Å². The van der Waals surface area contributed by atoms with Crippen LogP contribution in [-0.2, 0) is 25.7 Å². The van der Waals surface area contributed by atoms with Crippen molar-refractivity contribution in [3.63, 3.8) is 0 Å². The number of nitrogens with zero attached hydrogens (tertiary/aromatic N) is 1. The van der Waals surface area contributed by atoms with Crippen molar-refractivity contribution in [2.45, 2.75) is 31.8 Å². The minimum absolute atomic E-state index is 0.114. The van der Waals surface area contributed by atoms with Crippen LogP contribution in [-0.4, -0.2) is 64.5 Å². The molecule has 2 aliphatic rings. The highest BCUT2D eigenvalue weighted by molar-refractivity contribution is 6.19. The molecule has 1 aromatic rings. The summed E-state index contributed by atoms with van der Waals surface area (Å²) in [6.45, 7) is -0.292. The Labute approximate surface area is 167 Å². The summed E-state index contributed by atoms with van der Waals surface area (Å²) >= 11 is 0. The Morgan fingerprint density at radius 2 is 1.86 bits per heavy atom. The fourth-order valence-corrected chi connectivity index (χ4v) is 3.22. The van der Waals surface area contributed by atoms with Crippen LogP contribution in [0.5, 0.6) is 5.75 Å². The second-order valence-corrected chi connectivity index (χ2v) is 7.42. The maximum Gasteiger partial charge on any atom is 0.322 e. The molecule has 1 aliphatic heterocycles. The van der Waals surface area contributed by atoms with Crippen molar-refractivity contribution in [1.29, 1.82) is 0 Å². The van der Waals surface area contributed by atoms with Crippen LogP contribution in [0.2, 0.25) is 0 Å². The SMILES string of the molecule is O=C(O)CNC(=O)C1C(=O)C[C@@H](CO)N(Cc2ccc(OCC3CC3)cc2)C1=O. The fourth-order valence-electron chi connectivity index (χ4n) is 3.22. The van der Waals surface area contributed by atoms with E-state index in [9.17, 15) is 24.3 Å². The Morgan fingerprint density at radius 3 is 2.45 bits per heavy atom. The molecule has 29 heavy (non-hydrogen) atoms. The molecule has 3 rings (SSSR count). The number of carbonyl (C=O) groups is 4. The van der Waals surface area contributed by atoms with Gasteiger partial charge in [0.1, 0.15) is 12.3 Å². The van der Waals surface area contributed by atoms with E-state index < -0.39 is 48.7 Å². The lowest BCUT2D eigenvalue weighted by Crippen LogP contribution is -2.57. The molecule has 0 bridgehead atoms. The smallest absolute Gasteiger partial charge is 0.322 e. The van der Waals surface area contributed by atoms with E-state index in [0.29, 0.717) is 12.5 Å². The molecule has 0 aromatic heterocycles. The molecule has 1 saturated carbocycles. The lowest BCUT2D eigenvalue weighted by Gasteiger charge is -2.37. The van der Waals surface area contributed by atoms with Crippen molar-refractivity contribution < 1.29 is 34.1 Å². The van der Waals surface area contributed by atoms with E-state index in [1.54, 1.807) is 24.3 Å². The zero-order valence-corrected chi connectivity index (χ0v) is 15.9. The minimum Gasteiger partial charge on any atom is -0.493 e. The van der Waals surface area contributed by atoms with Gasteiger partial charge >= 0.3 is 5.97 Å². The van der Waals surface area contributed by atoms with E-state index in [-0.39, 0.29) is 13.0 Å². The van der Waals surface area contributed by atoms with Gasteiger partial charge in [-0.2, -0.15) is 0 Å². The number of piperidine rings is 1. The first-order chi connectivity index (χ1) is 13.9. The number of benzene rings is 1. The third kappa shape index (κ3) is 5.32. The number of likely N-dealkylation sites (tertiary alicyclic amines) is 1. The van der Waals surface area contributed by atoms with Gasteiger partial charge in [-0.05, 0) is 36.5 Å². The van der Waals surface area contributed by atoms with E-state index in [1.807, 2.05) is 0 Å². The van der Waals surface area contributed by atoms with Gasteiger partial charge in [0.15, 0.2) is 11.7 Å². The number of rotatable bonds is 9. The number of ketones is 1. The van der Waals surface area contributed by atoms with E-state index in [1.165, 1.54) is 17.7 Å². The Morgan fingerprint density at radius 1 is 1.17 bits per heavy atom. The van der Waals surface area contributed by atoms with Crippen LogP contribution in [0.1, 0.15) is 24.8 Å². The number of Topliss-reactive ketones (excluding diaryl/α,β-unsaturated/α-hetero) is 1. The second-order valence-electron chi connectivity index (χ2n) is 7.42. The van der Waals surface area contributed by atoms with Crippen LogP contribution in [0.25, 0.3) is 0 Å². The van der Waals surface area contributed by atoms with Gasteiger partial charge in [0.05, 0.1) is 19.3 Å². The zero-order chi connectivity index (χ0) is 21.0. The third-order valence-electron chi connectivity index (χ3n) is 5.08. The number of carboxylic acids is 1. The Bertz CT molecular complexity index is 789. The largest absolute Gasteiger partial charge is 0.493 e. The number of carboxylic acid groups (broad SMARTS) is 1. The summed E-state index contributed by atoms with van der Waals surface area (Å²) in [5, 5.41) is 20.4. The van der Waals surface area contributed by atoms with Gasteiger partial charge in [-0.25, -0.2) is 0 Å². The van der Waals surface area contributed by atoms with Crippen molar-refractivity contribution >= 4 is 23.6 Å². The van der Waals surface area contributed by atoms with Crippen LogP contribution in [0.4, 0.5) is 0 Å². The average Bonchev–Trinajstić information content (AvgIpc) is 3.52. The molecule has 2 amide bonds. The number of aliphatic hydroxyl groups excluding tert-OH is 1. The van der Waals surface area contributed by atoms with Crippen molar-refractivity contribution in [3.05, 3.63) is 29.8 Å². The zero-order valence-electron chi connectivity index (χ0n) is 15.9. The van der Waals surface area contributed by atoms with E-state index in [2.05, 4.69) is 5.32 Å². The molecular weight excluding hydrogens is 380 g/mol. The van der Waals surface area contributed by atoms with Gasteiger partial charge < -0.3 is 25.2 Å². The van der Waals surface area contributed by atoms with Crippen LogP contribution >= 0.6 is 0 Å². The summed E-state index contributed by atoms with van der Waals surface area (Å²) in [5.41, 5.74) is 0.759. The molecule has 0 spiro atoms. The Hall–Kier alpha value is -2.94. The molecule has 9 nitrogen and oxygen atoms in total. The maximum atomic E-state index is 12.8. The summed E-state index contributed by atoms with van der Waals surface area (Å²) in [4.78, 5) is 49.2. The number of aliphatic carboxylic acids is 1. The predicted octanol–water partition coefficient (Wildman–Crippen LogP) is -0.0453. The highest BCUT2D eigenvalue weighted by atomic mass is 16.5. The fraction of sp³-hybridized carbons (Fsp3) is 0.500. The number of ether oxygens (including phenoxy) is 1. The molecule has 1 aromatic carbocycles. The number of hydrogen-bond donors (Lipinski definition) is 3. The normalized spacial score (nSPS) is 21.8. The molecule has 1 unspecified atom stereocenters. The lowest BCUT2D eigenvalue weighted by atomic mass is 9.89. The van der Waals surface area contributed by atoms with Crippen LogP contribution in [0, 0.1) is 11.8 Å². The molecule has 1 saturated heterocycles. The Kier molecular flexibility index (Phi) is 6.48. The first-order valence-corrected chi connectivity index (χ1v) is 9.54. The molecule has 1 heterocycles. The first-order valence-electron chi connectivity index (χ1n) is 9.54. The molecule has 3 N–H and O–H groups in total. The third-order valence-corrected chi connectivity index (χ3v) is 5.08. The van der Waals surface area contributed by atoms with Gasteiger partial charge in [-0.3, -0.25) is 19.2 Å². The summed E-state index contributed by atoms with van der Waals surface area (Å²) in [7, 11) is 0. The summed E-state index contributed by atoms with van der Waals surface area (Å²) < 4.78 is 5.68. The maximum absolute atomic E-state index is 12.8. The standard InChI is InChI=1S/C20H24N2O7/c23-10-14-7-16(24)18(19(27)21-8-17(25)26)20(28)22(14)9-12-3-5-15(6-4-12)29-11-13-1-2-13/h3-6,13-14,18,23H,1-2,7-11H2,(H,21,27)(H,25,26)/t14-,18?/m0/s1. The van der Waals surface area contributed by atoms with Crippen molar-refractivity contribution in [2.24, 2.45) is 11.8 Å². The van der Waals surface area contributed by atoms with Crippen molar-refractivity contribution in [3.8, 4) is 5.75 Å². The summed E-state index contributed by atoms with van der Waals surface area (Å²) in [6, 6.07) is 6.44. The van der Waals surface area contributed by atoms with Gasteiger partial charge in [0.25, 0.3) is 0 Å². The van der Waals surface area contributed by atoms with Crippen LogP contribution < -0.4 is 10.1 Å². The molecule has 9 heteroatoms. The number of nitrogens with one attached hydrogen (secondary N) is 1. The minimum atomic E-state index is -1.60. The van der Waals surface area contributed by atoms with Crippen LogP contribution in [0.15, 0.2) is 24.3 Å². The van der Waals surface area contributed by atoms with Gasteiger partial charge in [-0.1, -0.05) is 12.1 Å². The van der Waals surface area contributed by atoms with Gasteiger partial charge in [0.2, 0.25) is 11.8 Å².